The van der Waals surface area contributed by atoms with Crippen molar-refractivity contribution in [2.45, 2.75) is 52.6 Å². The molecule has 0 spiro atoms. The number of hydrogen-bond acceptors (Lipinski definition) is 8. The van der Waals surface area contributed by atoms with Crippen LogP contribution in [0.5, 0.6) is 0 Å². The number of nitrogens with zero attached hydrogens (tertiary/aromatic N) is 2. The van der Waals surface area contributed by atoms with Gasteiger partial charge in [-0.05, 0) is 96.2 Å². The largest absolute Gasteiger partial charge is 0.330 e. The second-order valence-electron chi connectivity index (χ2n) is 9.46. The SMILES string of the molecule is CC(C)CN.NCCC1=CCc2ccccc21.NCCC1=CN=CC1.NCc1cccs1.NCc1ccncc1.[Th]. The van der Waals surface area contributed by atoms with Crippen molar-refractivity contribution in [1.82, 2.24) is 4.98 Å². The smallest absolute Gasteiger partial charge is 0.0273 e. The molecule has 2 aromatic heterocycles. The Morgan fingerprint density at radius 1 is 0.829 bits per heavy atom. The summed E-state index contributed by atoms with van der Waals surface area (Å²) in [6.07, 6.45) is 13.7. The fourth-order valence-electron chi connectivity index (χ4n) is 3.43. The van der Waals surface area contributed by atoms with Gasteiger partial charge in [0.2, 0.25) is 0 Å². The van der Waals surface area contributed by atoms with E-state index in [1.54, 1.807) is 23.7 Å². The normalized spacial score (nSPS) is 12.0. The van der Waals surface area contributed by atoms with Crippen LogP contribution in [0.15, 0.2) is 89.1 Å². The Labute approximate surface area is 283 Å². The van der Waals surface area contributed by atoms with Gasteiger partial charge in [-0.15, -0.1) is 11.3 Å². The third-order valence-electron chi connectivity index (χ3n) is 5.76. The Morgan fingerprint density at radius 2 is 1.51 bits per heavy atom. The molecule has 0 saturated carbocycles. The minimum absolute atomic E-state index is 0. The summed E-state index contributed by atoms with van der Waals surface area (Å²) in [6.45, 7) is 7.77. The number of rotatable bonds is 7. The number of nitrogens with two attached hydrogens (primary N) is 5. The van der Waals surface area contributed by atoms with Gasteiger partial charge in [0.25, 0.3) is 0 Å². The van der Waals surface area contributed by atoms with Crippen molar-refractivity contribution in [3.8, 4) is 0 Å². The Morgan fingerprint density at radius 3 is 1.98 bits per heavy atom. The van der Waals surface area contributed by atoms with E-state index in [9.17, 15) is 0 Å². The van der Waals surface area contributed by atoms with E-state index >= 15 is 0 Å². The minimum atomic E-state index is 0. The van der Waals surface area contributed by atoms with Gasteiger partial charge in [0.1, 0.15) is 0 Å². The van der Waals surface area contributed by atoms with Crippen LogP contribution in [-0.4, -0.2) is 30.8 Å². The van der Waals surface area contributed by atoms with Gasteiger partial charge in [0.05, 0.1) is 0 Å². The van der Waals surface area contributed by atoms with E-state index in [2.05, 4.69) is 54.2 Å². The number of allylic oxidation sites excluding steroid dienone is 1. The van der Waals surface area contributed by atoms with Gasteiger partial charge >= 0.3 is 0 Å². The predicted octanol–water partition coefficient (Wildman–Crippen LogP) is 5.02. The topological polar surface area (TPSA) is 155 Å². The predicted molar refractivity (Wildman–Crippen MR) is 175 cm³/mol. The molecule has 3 aromatic rings. The summed E-state index contributed by atoms with van der Waals surface area (Å²) in [4.78, 5) is 9.03. The molecule has 9 heteroatoms. The van der Waals surface area contributed by atoms with Crippen LogP contribution in [0.3, 0.4) is 0 Å². The number of benzene rings is 1. The number of thiophene rings is 1. The molecule has 5 rings (SSSR count). The van der Waals surface area contributed by atoms with Crippen molar-refractivity contribution in [2.75, 3.05) is 19.6 Å². The van der Waals surface area contributed by atoms with Crippen LogP contribution in [0.1, 0.15) is 54.7 Å². The van der Waals surface area contributed by atoms with E-state index in [-0.39, 0.29) is 39.9 Å². The molecule has 3 heterocycles. The van der Waals surface area contributed by atoms with E-state index in [1.807, 2.05) is 42.1 Å². The number of pyridine rings is 1. The van der Waals surface area contributed by atoms with E-state index in [0.717, 1.165) is 50.9 Å². The van der Waals surface area contributed by atoms with Gasteiger partial charge < -0.3 is 28.7 Å². The third-order valence-corrected chi connectivity index (χ3v) is 6.66. The summed E-state index contributed by atoms with van der Waals surface area (Å²) in [7, 11) is 0. The first kappa shape index (κ1) is 39.3. The molecule has 0 unspecified atom stereocenters. The molecule has 0 saturated heterocycles. The molecule has 1 aliphatic carbocycles. The van der Waals surface area contributed by atoms with Gasteiger partial charge in [-0.3, -0.25) is 9.98 Å². The van der Waals surface area contributed by atoms with Crippen LogP contribution in [0.2, 0.25) is 0 Å². The molecule has 0 fully saturated rings. The monoisotopic (exact) mass is 795 g/mol. The average Bonchev–Trinajstić information content (AvgIpc) is 3.79. The molecule has 1 aliphatic heterocycles. The van der Waals surface area contributed by atoms with Gasteiger partial charge in [0, 0.05) is 89.1 Å². The summed E-state index contributed by atoms with van der Waals surface area (Å²) in [5.74, 6) is 0.662. The number of aromatic nitrogens is 1. The molecule has 10 N–H and O–H groups in total. The first-order chi connectivity index (χ1) is 19.5. The Hall–Kier alpha value is -1.66. The van der Waals surface area contributed by atoms with Crippen molar-refractivity contribution in [3.05, 3.63) is 106 Å². The van der Waals surface area contributed by atoms with Crippen LogP contribution in [-0.2, 0) is 19.5 Å². The molecule has 0 radical (unpaired) electrons. The summed E-state index contributed by atoms with van der Waals surface area (Å²) in [5, 5.41) is 2.03. The molecule has 0 atom stereocenters. The van der Waals surface area contributed by atoms with Crippen LogP contribution < -0.4 is 28.7 Å². The fraction of sp³-hybridized carbons (Fsp3) is 0.375. The number of hydrogen-bond donors (Lipinski definition) is 5. The third kappa shape index (κ3) is 18.5. The van der Waals surface area contributed by atoms with Crippen molar-refractivity contribution in [2.24, 2.45) is 39.6 Å². The molecular weight excluding hydrogens is 747 g/mol. The van der Waals surface area contributed by atoms with E-state index in [1.165, 1.54) is 27.2 Å². The van der Waals surface area contributed by atoms with Crippen LogP contribution >= 0.6 is 11.3 Å². The molecule has 0 amide bonds. The van der Waals surface area contributed by atoms with E-state index in [4.69, 9.17) is 28.7 Å². The van der Waals surface area contributed by atoms with Crippen LogP contribution in [0, 0.1) is 45.9 Å². The van der Waals surface area contributed by atoms with Gasteiger partial charge in [0.15, 0.2) is 0 Å². The second-order valence-corrected chi connectivity index (χ2v) is 10.5. The Kier molecular flexibility index (Phi) is 25.0. The molecule has 7 nitrogen and oxygen atoms in total. The zero-order valence-electron chi connectivity index (χ0n) is 24.7. The number of aliphatic imine (C=N–C) groups is 1. The van der Waals surface area contributed by atoms with Crippen LogP contribution in [0.4, 0.5) is 0 Å². The quantitative estimate of drug-likeness (QED) is 0.227. The van der Waals surface area contributed by atoms with Gasteiger partial charge in [-0.2, -0.15) is 0 Å². The molecule has 222 valence electrons. The first-order valence-electron chi connectivity index (χ1n) is 13.9. The van der Waals surface area contributed by atoms with Crippen LogP contribution in [0.25, 0.3) is 5.57 Å². The summed E-state index contributed by atoms with van der Waals surface area (Å²) in [5.41, 5.74) is 33.4. The summed E-state index contributed by atoms with van der Waals surface area (Å²) < 4.78 is 0. The average molecular weight is 796 g/mol. The van der Waals surface area contributed by atoms with Crippen molar-refractivity contribution < 1.29 is 39.9 Å². The Bertz CT molecular complexity index is 1110. The maximum Gasteiger partial charge on any atom is 0.0273 e. The van der Waals surface area contributed by atoms with Crippen molar-refractivity contribution >= 4 is 23.1 Å². The Balaban J connectivity index is 0.000000500. The number of fused-ring (bicyclic) bond motifs is 1. The van der Waals surface area contributed by atoms with E-state index < -0.39 is 0 Å². The summed E-state index contributed by atoms with van der Waals surface area (Å²) >= 11 is 1.70. The van der Waals surface area contributed by atoms with Crippen molar-refractivity contribution in [3.63, 3.8) is 0 Å². The zero-order valence-corrected chi connectivity index (χ0v) is 29.6. The summed E-state index contributed by atoms with van der Waals surface area (Å²) in [6, 6.07) is 16.4. The minimum Gasteiger partial charge on any atom is -0.330 e. The standard InChI is InChI=1S/C11H13N.C6H8N2.C6H10N2.C5H7NS.C4H11N.Th/c12-8-7-10-6-5-9-3-1-2-4-11(9)10;7-5-6-1-3-8-4-2-6;7-3-1-6-2-4-8-5-6;6-4-5-2-1-3-7-5;1-4(2)3-5;/h1-4,6H,5,7-8,12H2;1-4H,5,7H2;4-5H,1-3,7H2;1-3H,4,6H2;4H,3,5H2,1-2H3;. The zero-order chi connectivity index (χ0) is 29.4. The van der Waals surface area contributed by atoms with Crippen molar-refractivity contribution in [1.29, 1.82) is 0 Å². The molecular formula is C32H49N7STh. The molecule has 0 bridgehead atoms. The molecule has 2 aliphatic rings. The maximum atomic E-state index is 5.52. The molecule has 41 heavy (non-hydrogen) atoms. The molecule has 1 aromatic carbocycles. The fourth-order valence-corrected chi connectivity index (χ4v) is 4.01. The first-order valence-corrected chi connectivity index (χ1v) is 14.7. The second kappa shape index (κ2) is 26.0. The van der Waals surface area contributed by atoms with E-state index in [0.29, 0.717) is 19.0 Å². The van der Waals surface area contributed by atoms with Gasteiger partial charge in [-0.25, -0.2) is 0 Å². The maximum absolute atomic E-state index is 5.52. The van der Waals surface area contributed by atoms with Gasteiger partial charge in [-0.1, -0.05) is 50.3 Å².